The van der Waals surface area contributed by atoms with Gasteiger partial charge in [0.25, 0.3) is 5.91 Å². The number of hydrogen-bond donors (Lipinski definition) is 1. The van der Waals surface area contributed by atoms with Gasteiger partial charge < -0.3 is 15.0 Å². The van der Waals surface area contributed by atoms with Crippen LogP contribution in [0.5, 0.6) is 0 Å². The molecule has 1 aliphatic rings. The molecule has 1 N–H and O–H groups in total. The molecule has 1 amide bonds. The van der Waals surface area contributed by atoms with Crippen molar-refractivity contribution in [1.82, 2.24) is 15.3 Å². The first-order chi connectivity index (χ1) is 11.2. The van der Waals surface area contributed by atoms with Crippen molar-refractivity contribution < 1.29 is 9.53 Å². The minimum absolute atomic E-state index is 0.135. The molecule has 120 valence electrons. The molecule has 2 aromatic heterocycles. The van der Waals surface area contributed by atoms with E-state index in [1.165, 1.54) is 0 Å². The molecule has 6 heteroatoms. The van der Waals surface area contributed by atoms with Crippen LogP contribution in [0.4, 0.5) is 5.82 Å². The Hall–Kier alpha value is -2.47. The van der Waals surface area contributed by atoms with Crippen LogP contribution < -0.4 is 10.2 Å². The molecule has 23 heavy (non-hydrogen) atoms. The number of aromatic nitrogens is 2. The lowest BCUT2D eigenvalue weighted by Gasteiger charge is -2.32. The predicted molar refractivity (Wildman–Crippen MR) is 87.3 cm³/mol. The van der Waals surface area contributed by atoms with Gasteiger partial charge in [0.2, 0.25) is 0 Å². The van der Waals surface area contributed by atoms with Gasteiger partial charge >= 0.3 is 0 Å². The molecule has 0 unspecified atom stereocenters. The molecule has 0 aromatic carbocycles. The Morgan fingerprint density at radius 3 is 3.00 bits per heavy atom. The maximum atomic E-state index is 12.0. The summed E-state index contributed by atoms with van der Waals surface area (Å²) in [6.07, 6.45) is 5.23. The minimum Gasteiger partial charge on any atom is -0.375 e. The number of nitrogens with zero attached hydrogens (tertiary/aromatic N) is 3. The zero-order valence-electron chi connectivity index (χ0n) is 13.1. The highest BCUT2D eigenvalue weighted by Crippen LogP contribution is 2.15. The fraction of sp³-hybridized carbons (Fsp3) is 0.353. The van der Waals surface area contributed by atoms with Gasteiger partial charge in [-0.05, 0) is 30.7 Å². The zero-order valence-corrected chi connectivity index (χ0v) is 13.1. The molecule has 3 heterocycles. The van der Waals surface area contributed by atoms with Crippen molar-refractivity contribution in [3.05, 3.63) is 54.0 Å². The van der Waals surface area contributed by atoms with E-state index in [0.29, 0.717) is 12.1 Å². The normalized spacial score (nSPS) is 17.8. The van der Waals surface area contributed by atoms with Crippen molar-refractivity contribution >= 4 is 11.7 Å². The highest BCUT2D eigenvalue weighted by Gasteiger charge is 2.17. The van der Waals surface area contributed by atoms with E-state index in [4.69, 9.17) is 4.74 Å². The van der Waals surface area contributed by atoms with Gasteiger partial charge in [0.15, 0.2) is 0 Å². The second-order valence-electron chi connectivity index (χ2n) is 5.58. The number of ether oxygens (including phenoxy) is 1. The first-order valence-corrected chi connectivity index (χ1v) is 7.72. The van der Waals surface area contributed by atoms with Gasteiger partial charge in [0.1, 0.15) is 5.82 Å². The summed E-state index contributed by atoms with van der Waals surface area (Å²) in [5.41, 5.74) is 1.52. The van der Waals surface area contributed by atoms with Gasteiger partial charge in [-0.15, -0.1) is 0 Å². The molecule has 0 aliphatic carbocycles. The summed E-state index contributed by atoms with van der Waals surface area (Å²) in [5, 5.41) is 2.87. The molecular weight excluding hydrogens is 292 g/mol. The van der Waals surface area contributed by atoms with Crippen LogP contribution in [-0.2, 0) is 11.3 Å². The van der Waals surface area contributed by atoms with Gasteiger partial charge in [-0.1, -0.05) is 6.07 Å². The molecule has 0 spiro atoms. The summed E-state index contributed by atoms with van der Waals surface area (Å²) in [4.78, 5) is 22.6. The van der Waals surface area contributed by atoms with Crippen molar-refractivity contribution in [1.29, 1.82) is 0 Å². The van der Waals surface area contributed by atoms with Crippen molar-refractivity contribution in [3.63, 3.8) is 0 Å². The van der Waals surface area contributed by atoms with Crippen LogP contribution in [0.3, 0.4) is 0 Å². The zero-order chi connectivity index (χ0) is 16.1. The lowest BCUT2D eigenvalue weighted by molar-refractivity contribution is 0.0529. The van der Waals surface area contributed by atoms with Crippen molar-refractivity contribution in [2.24, 2.45) is 0 Å². The fourth-order valence-corrected chi connectivity index (χ4v) is 2.52. The average Bonchev–Trinajstić information content (AvgIpc) is 2.61. The first-order valence-electron chi connectivity index (χ1n) is 7.72. The maximum Gasteiger partial charge on any atom is 0.253 e. The molecule has 1 saturated heterocycles. The fourth-order valence-electron chi connectivity index (χ4n) is 2.52. The third-order valence-corrected chi connectivity index (χ3v) is 3.75. The number of amides is 1. The molecule has 0 bridgehead atoms. The Bertz CT molecular complexity index is 645. The predicted octanol–water partition coefficient (Wildman–Crippen LogP) is 1.63. The van der Waals surface area contributed by atoms with E-state index in [1.54, 1.807) is 30.7 Å². The molecule has 1 atom stereocenters. The second-order valence-corrected chi connectivity index (χ2v) is 5.58. The monoisotopic (exact) mass is 312 g/mol. The number of morpholine rings is 1. The third kappa shape index (κ3) is 4.04. The number of hydrogen-bond acceptors (Lipinski definition) is 5. The summed E-state index contributed by atoms with van der Waals surface area (Å²) in [5.74, 6) is 0.812. The van der Waals surface area contributed by atoms with Crippen LogP contribution in [-0.4, -0.2) is 41.7 Å². The van der Waals surface area contributed by atoms with E-state index >= 15 is 0 Å². The highest BCUT2D eigenvalue weighted by atomic mass is 16.5. The van der Waals surface area contributed by atoms with Crippen molar-refractivity contribution in [2.75, 3.05) is 24.6 Å². The Balaban J connectivity index is 1.56. The van der Waals surface area contributed by atoms with E-state index in [0.717, 1.165) is 31.1 Å². The van der Waals surface area contributed by atoms with Gasteiger partial charge in [0.05, 0.1) is 18.3 Å². The van der Waals surface area contributed by atoms with Gasteiger partial charge in [-0.3, -0.25) is 9.78 Å². The standard InChI is InChI=1S/C17H20N4O2/c1-13-12-21(7-8-23-13)16-5-4-14(9-19-16)10-20-17(22)15-3-2-6-18-11-15/h2-6,9,11,13H,7-8,10,12H2,1H3,(H,20,22)/t13-/m1/s1. The minimum atomic E-state index is -0.135. The van der Waals surface area contributed by atoms with Crippen LogP contribution in [0.25, 0.3) is 0 Å². The summed E-state index contributed by atoms with van der Waals surface area (Å²) in [6.45, 7) is 4.94. The first kappa shape index (κ1) is 15.4. The molecule has 3 rings (SSSR count). The number of anilines is 1. The number of carbonyl (C=O) groups excluding carboxylic acids is 1. The Labute approximate surface area is 135 Å². The van der Waals surface area contributed by atoms with E-state index in [1.807, 2.05) is 12.1 Å². The quantitative estimate of drug-likeness (QED) is 0.929. The van der Waals surface area contributed by atoms with Crippen molar-refractivity contribution in [3.8, 4) is 0 Å². The number of nitrogens with one attached hydrogen (secondary N) is 1. The SMILES string of the molecule is C[C@@H]1CN(c2ccc(CNC(=O)c3cccnc3)cn2)CCO1. The number of rotatable bonds is 4. The van der Waals surface area contributed by atoms with Crippen LogP contribution in [0.1, 0.15) is 22.8 Å². The smallest absolute Gasteiger partial charge is 0.253 e. The summed E-state index contributed by atoms with van der Waals surface area (Å²) in [6, 6.07) is 7.47. The summed E-state index contributed by atoms with van der Waals surface area (Å²) in [7, 11) is 0. The molecule has 0 radical (unpaired) electrons. The van der Waals surface area contributed by atoms with E-state index in [9.17, 15) is 4.79 Å². The topological polar surface area (TPSA) is 67.4 Å². The number of carbonyl (C=O) groups is 1. The Morgan fingerprint density at radius 2 is 2.30 bits per heavy atom. The Kier molecular flexibility index (Phi) is 4.83. The molecule has 0 saturated carbocycles. The van der Waals surface area contributed by atoms with E-state index in [2.05, 4.69) is 27.1 Å². The molecular formula is C17H20N4O2. The van der Waals surface area contributed by atoms with Crippen LogP contribution >= 0.6 is 0 Å². The van der Waals surface area contributed by atoms with Crippen molar-refractivity contribution in [2.45, 2.75) is 19.6 Å². The highest BCUT2D eigenvalue weighted by molar-refractivity contribution is 5.93. The molecule has 1 aliphatic heterocycles. The lowest BCUT2D eigenvalue weighted by Crippen LogP contribution is -2.41. The maximum absolute atomic E-state index is 12.0. The summed E-state index contributed by atoms with van der Waals surface area (Å²) >= 11 is 0. The summed E-state index contributed by atoms with van der Waals surface area (Å²) < 4.78 is 5.54. The average molecular weight is 312 g/mol. The van der Waals surface area contributed by atoms with E-state index in [-0.39, 0.29) is 12.0 Å². The van der Waals surface area contributed by atoms with Crippen LogP contribution in [0.15, 0.2) is 42.9 Å². The van der Waals surface area contributed by atoms with E-state index < -0.39 is 0 Å². The number of pyridine rings is 2. The second kappa shape index (κ2) is 7.19. The molecule has 6 nitrogen and oxygen atoms in total. The van der Waals surface area contributed by atoms with Gasteiger partial charge in [0, 0.05) is 38.2 Å². The molecule has 1 fully saturated rings. The van der Waals surface area contributed by atoms with Crippen LogP contribution in [0.2, 0.25) is 0 Å². The van der Waals surface area contributed by atoms with Gasteiger partial charge in [-0.2, -0.15) is 0 Å². The molecule has 2 aromatic rings. The van der Waals surface area contributed by atoms with Crippen LogP contribution in [0, 0.1) is 0 Å². The third-order valence-electron chi connectivity index (χ3n) is 3.75. The lowest BCUT2D eigenvalue weighted by atomic mass is 10.2. The largest absolute Gasteiger partial charge is 0.375 e. The van der Waals surface area contributed by atoms with Gasteiger partial charge in [-0.25, -0.2) is 4.98 Å². The Morgan fingerprint density at radius 1 is 1.39 bits per heavy atom.